The quantitative estimate of drug-likeness (QED) is 0.621. The van der Waals surface area contributed by atoms with E-state index in [9.17, 15) is 19.7 Å². The maximum absolute atomic E-state index is 12.4. The van der Waals surface area contributed by atoms with Crippen LogP contribution in [0.1, 0.15) is 11.4 Å². The van der Waals surface area contributed by atoms with Crippen molar-refractivity contribution in [1.29, 1.82) is 0 Å². The van der Waals surface area contributed by atoms with Gasteiger partial charge in [-0.15, -0.1) is 10.2 Å². The Kier molecular flexibility index (Phi) is 4.80. The molecular weight excluding hydrogens is 362 g/mol. The molecule has 1 aromatic heterocycles. The number of carbonyl (C=O) groups excluding carboxylic acids is 2. The van der Waals surface area contributed by atoms with Gasteiger partial charge in [0.15, 0.2) is 0 Å². The predicted octanol–water partition coefficient (Wildman–Crippen LogP) is 1.75. The molecule has 0 unspecified atom stereocenters. The number of carbonyl (C=O) groups is 2. The van der Waals surface area contributed by atoms with Crippen LogP contribution in [-0.2, 0) is 9.59 Å². The van der Waals surface area contributed by atoms with Gasteiger partial charge >= 0.3 is 0 Å². The normalized spacial score (nSPS) is 16.6. The van der Waals surface area contributed by atoms with Crippen LogP contribution in [-0.4, -0.2) is 40.6 Å². The van der Waals surface area contributed by atoms with Gasteiger partial charge in [0.1, 0.15) is 10.8 Å². The first-order chi connectivity index (χ1) is 12.4. The number of nitro groups is 1. The molecule has 2 heterocycles. The van der Waals surface area contributed by atoms with Crippen molar-refractivity contribution in [1.82, 2.24) is 10.2 Å². The zero-order valence-electron chi connectivity index (χ0n) is 14.0. The van der Waals surface area contributed by atoms with E-state index in [1.807, 2.05) is 0 Å². The lowest BCUT2D eigenvalue weighted by molar-refractivity contribution is -0.384. The zero-order valence-corrected chi connectivity index (χ0v) is 14.8. The molecule has 0 saturated carbocycles. The van der Waals surface area contributed by atoms with E-state index in [1.165, 1.54) is 41.5 Å². The largest absolute Gasteiger partial charge is 0.494 e. The van der Waals surface area contributed by atoms with Crippen LogP contribution in [0.25, 0.3) is 0 Å². The average molecular weight is 377 g/mol. The van der Waals surface area contributed by atoms with Crippen molar-refractivity contribution in [2.24, 2.45) is 5.92 Å². The van der Waals surface area contributed by atoms with Crippen LogP contribution in [0.2, 0.25) is 0 Å². The first-order valence-electron chi connectivity index (χ1n) is 7.63. The first-order valence-corrected chi connectivity index (χ1v) is 8.44. The third kappa shape index (κ3) is 3.47. The van der Waals surface area contributed by atoms with Gasteiger partial charge in [-0.1, -0.05) is 11.3 Å². The lowest BCUT2D eigenvalue weighted by Gasteiger charge is -2.19. The summed E-state index contributed by atoms with van der Waals surface area (Å²) in [6, 6.07) is 3.99. The topological polar surface area (TPSA) is 128 Å². The number of rotatable bonds is 5. The summed E-state index contributed by atoms with van der Waals surface area (Å²) in [4.78, 5) is 36.5. The molecule has 26 heavy (non-hydrogen) atoms. The number of aromatic nitrogens is 2. The fourth-order valence-electron chi connectivity index (χ4n) is 2.67. The minimum Gasteiger partial charge on any atom is -0.494 e. The average Bonchev–Trinajstić information content (AvgIpc) is 3.19. The summed E-state index contributed by atoms with van der Waals surface area (Å²) in [5.74, 6) is -0.941. The van der Waals surface area contributed by atoms with Gasteiger partial charge < -0.3 is 15.0 Å². The number of methoxy groups -OCH3 is 1. The van der Waals surface area contributed by atoms with Crippen molar-refractivity contribution in [2.75, 3.05) is 23.9 Å². The van der Waals surface area contributed by atoms with Crippen molar-refractivity contribution in [3.63, 3.8) is 0 Å². The highest BCUT2D eigenvalue weighted by Crippen LogP contribution is 2.36. The molecule has 1 aliphatic heterocycles. The number of amides is 2. The van der Waals surface area contributed by atoms with Crippen LogP contribution in [0.3, 0.4) is 0 Å². The number of hydrogen-bond donors (Lipinski definition) is 1. The van der Waals surface area contributed by atoms with E-state index in [0.717, 1.165) is 5.01 Å². The fraction of sp³-hybridized carbons (Fsp3) is 0.333. The highest BCUT2D eigenvalue weighted by molar-refractivity contribution is 7.15. The number of ether oxygens (including phenoxy) is 1. The second-order valence-electron chi connectivity index (χ2n) is 5.63. The molecule has 1 aliphatic rings. The number of aryl methyl sites for hydroxylation is 1. The second-order valence-corrected chi connectivity index (χ2v) is 6.82. The predicted molar refractivity (Wildman–Crippen MR) is 93.4 cm³/mol. The first kappa shape index (κ1) is 17.7. The maximum atomic E-state index is 12.4. The Bertz CT molecular complexity index is 883. The minimum atomic E-state index is -0.563. The van der Waals surface area contributed by atoms with Crippen LogP contribution in [0, 0.1) is 23.0 Å². The van der Waals surface area contributed by atoms with Crippen molar-refractivity contribution in [2.45, 2.75) is 13.3 Å². The second kappa shape index (κ2) is 7.04. The smallest absolute Gasteiger partial charge is 0.273 e. The Hall–Kier alpha value is -3.08. The molecule has 1 aromatic carbocycles. The molecule has 10 nitrogen and oxygen atoms in total. The van der Waals surface area contributed by atoms with Crippen LogP contribution < -0.4 is 15.0 Å². The van der Waals surface area contributed by atoms with E-state index < -0.39 is 10.8 Å². The summed E-state index contributed by atoms with van der Waals surface area (Å²) >= 11 is 1.25. The standard InChI is InChI=1S/C15H15N5O5S/c1-8-17-18-15(26-8)16-14(22)9-5-13(21)19(7-9)11-4-3-10(20(23)24)6-12(11)25-2/h3-4,6,9H,5,7H2,1-2H3,(H,16,18,22)/t9-/m1/s1. The van der Waals surface area contributed by atoms with Gasteiger partial charge in [0.05, 0.1) is 29.7 Å². The van der Waals surface area contributed by atoms with Gasteiger partial charge in [-0.2, -0.15) is 0 Å². The van der Waals surface area contributed by atoms with Crippen molar-refractivity contribution < 1.29 is 19.2 Å². The number of benzene rings is 1. The summed E-state index contributed by atoms with van der Waals surface area (Å²) in [6.45, 7) is 1.92. The van der Waals surface area contributed by atoms with Gasteiger partial charge in [0.2, 0.25) is 16.9 Å². The summed E-state index contributed by atoms with van der Waals surface area (Å²) in [7, 11) is 1.37. The Morgan fingerprint density at radius 1 is 1.46 bits per heavy atom. The van der Waals surface area contributed by atoms with Gasteiger partial charge in [-0.25, -0.2) is 0 Å². The molecule has 0 aliphatic carbocycles. The molecule has 1 saturated heterocycles. The van der Waals surface area contributed by atoms with E-state index in [2.05, 4.69) is 15.5 Å². The number of anilines is 2. The molecule has 1 N–H and O–H groups in total. The van der Waals surface area contributed by atoms with Crippen LogP contribution in [0.4, 0.5) is 16.5 Å². The van der Waals surface area contributed by atoms with Crippen molar-refractivity contribution in [3.8, 4) is 5.75 Å². The Morgan fingerprint density at radius 2 is 2.23 bits per heavy atom. The maximum Gasteiger partial charge on any atom is 0.273 e. The van der Waals surface area contributed by atoms with Gasteiger partial charge in [-0.3, -0.25) is 19.7 Å². The molecule has 11 heteroatoms. The summed E-state index contributed by atoms with van der Waals surface area (Å²) in [5.41, 5.74) is 0.253. The number of nitrogens with zero attached hydrogens (tertiary/aromatic N) is 4. The third-order valence-corrected chi connectivity index (χ3v) is 4.67. The number of nitrogens with one attached hydrogen (secondary N) is 1. The number of non-ortho nitro benzene ring substituents is 1. The molecule has 0 bridgehead atoms. The Labute approximate surface area is 151 Å². The highest BCUT2D eigenvalue weighted by atomic mass is 32.1. The Morgan fingerprint density at radius 3 is 2.85 bits per heavy atom. The zero-order chi connectivity index (χ0) is 18.8. The molecule has 1 fully saturated rings. The SMILES string of the molecule is COc1cc([N+](=O)[O-])ccc1N1C[C@H](C(=O)Nc2nnc(C)s2)CC1=O. The molecule has 2 amide bonds. The third-order valence-electron chi connectivity index (χ3n) is 3.92. The molecule has 0 radical (unpaired) electrons. The van der Waals surface area contributed by atoms with Crippen LogP contribution >= 0.6 is 11.3 Å². The molecule has 2 aromatic rings. The van der Waals surface area contributed by atoms with Gasteiger partial charge in [0.25, 0.3) is 5.69 Å². The molecular formula is C15H15N5O5S. The summed E-state index contributed by atoms with van der Waals surface area (Å²) in [6.07, 6.45) is 0.0315. The number of nitro benzene ring substituents is 1. The lowest BCUT2D eigenvalue weighted by atomic mass is 10.1. The summed E-state index contributed by atoms with van der Waals surface area (Å²) in [5, 5.41) is 22.3. The van der Waals surface area contributed by atoms with Gasteiger partial charge in [-0.05, 0) is 13.0 Å². The van der Waals surface area contributed by atoms with E-state index in [0.29, 0.717) is 10.8 Å². The lowest BCUT2D eigenvalue weighted by Crippen LogP contribution is -2.28. The van der Waals surface area contributed by atoms with Crippen molar-refractivity contribution in [3.05, 3.63) is 33.3 Å². The van der Waals surface area contributed by atoms with Crippen LogP contribution in [0.5, 0.6) is 5.75 Å². The summed E-state index contributed by atoms with van der Waals surface area (Å²) < 4.78 is 5.18. The number of hydrogen-bond acceptors (Lipinski definition) is 8. The van der Waals surface area contributed by atoms with E-state index >= 15 is 0 Å². The molecule has 0 spiro atoms. The monoisotopic (exact) mass is 377 g/mol. The minimum absolute atomic E-state index is 0.0315. The highest BCUT2D eigenvalue weighted by Gasteiger charge is 2.37. The molecule has 136 valence electrons. The van der Waals surface area contributed by atoms with E-state index in [-0.39, 0.29) is 36.2 Å². The van der Waals surface area contributed by atoms with E-state index in [1.54, 1.807) is 6.92 Å². The van der Waals surface area contributed by atoms with E-state index in [4.69, 9.17) is 4.74 Å². The fourth-order valence-corrected chi connectivity index (χ4v) is 3.27. The molecule has 1 atom stereocenters. The Balaban J connectivity index is 1.77. The van der Waals surface area contributed by atoms with Gasteiger partial charge in [0, 0.05) is 19.0 Å². The molecule has 3 rings (SSSR count). The van der Waals surface area contributed by atoms with Crippen molar-refractivity contribution >= 4 is 39.7 Å². The van der Waals surface area contributed by atoms with Crippen LogP contribution in [0.15, 0.2) is 18.2 Å².